The Morgan fingerprint density at radius 3 is 2.90 bits per heavy atom. The standard InChI is InChI=1S/C23H21N5O2/c1-30-21-6-4-17(13-18(21)15-27-11-2-8-26-27)22-24-10-12-28(22)19-5-3-16-7-9-25-23(29)20(16)14-19/h2-6,8,10-14H,7,9,15H2,1H3,(H,25,29). The normalized spacial score (nSPS) is 13.0. The van der Waals surface area contributed by atoms with Crippen LogP contribution in [0.2, 0.25) is 0 Å². The second kappa shape index (κ2) is 7.51. The number of nitrogens with zero attached hydrogens (tertiary/aromatic N) is 4. The first kappa shape index (κ1) is 18.2. The number of aromatic nitrogens is 4. The molecule has 0 spiro atoms. The van der Waals surface area contributed by atoms with E-state index in [9.17, 15) is 4.79 Å². The van der Waals surface area contributed by atoms with Crippen LogP contribution in [0.1, 0.15) is 21.5 Å². The largest absolute Gasteiger partial charge is 0.496 e. The van der Waals surface area contributed by atoms with Crippen molar-refractivity contribution >= 4 is 5.91 Å². The van der Waals surface area contributed by atoms with E-state index < -0.39 is 0 Å². The number of hydrogen-bond acceptors (Lipinski definition) is 4. The molecule has 2 aromatic heterocycles. The number of fused-ring (bicyclic) bond motifs is 1. The number of ether oxygens (including phenoxy) is 1. The Bertz CT molecular complexity index is 1210. The fourth-order valence-corrected chi connectivity index (χ4v) is 3.88. The van der Waals surface area contributed by atoms with Crippen LogP contribution in [0.15, 0.2) is 67.3 Å². The maximum Gasteiger partial charge on any atom is 0.251 e. The first-order chi connectivity index (χ1) is 14.7. The van der Waals surface area contributed by atoms with E-state index in [4.69, 9.17) is 4.74 Å². The van der Waals surface area contributed by atoms with Gasteiger partial charge in [0.15, 0.2) is 0 Å². The Morgan fingerprint density at radius 2 is 2.07 bits per heavy atom. The van der Waals surface area contributed by atoms with E-state index in [0.29, 0.717) is 13.1 Å². The topological polar surface area (TPSA) is 74.0 Å². The van der Waals surface area contributed by atoms with Crippen LogP contribution in [0.5, 0.6) is 5.75 Å². The number of methoxy groups -OCH3 is 1. The Balaban J connectivity index is 1.55. The molecule has 0 bridgehead atoms. The molecule has 0 saturated heterocycles. The molecular formula is C23H21N5O2. The minimum atomic E-state index is -0.0225. The second-order valence-corrected chi connectivity index (χ2v) is 7.20. The summed E-state index contributed by atoms with van der Waals surface area (Å²) in [7, 11) is 1.67. The molecular weight excluding hydrogens is 378 g/mol. The Morgan fingerprint density at radius 1 is 1.13 bits per heavy atom. The molecule has 7 nitrogen and oxygen atoms in total. The van der Waals surface area contributed by atoms with Gasteiger partial charge >= 0.3 is 0 Å². The van der Waals surface area contributed by atoms with Crippen LogP contribution in [0.4, 0.5) is 0 Å². The highest BCUT2D eigenvalue weighted by molar-refractivity contribution is 5.97. The number of nitrogens with one attached hydrogen (secondary N) is 1. The minimum absolute atomic E-state index is 0.0225. The predicted octanol–water partition coefficient (Wildman–Crippen LogP) is 3.08. The molecule has 1 aliphatic heterocycles. The summed E-state index contributed by atoms with van der Waals surface area (Å²) in [6.45, 7) is 1.29. The summed E-state index contributed by atoms with van der Waals surface area (Å²) in [6.07, 6.45) is 8.22. The molecule has 0 atom stereocenters. The van der Waals surface area contributed by atoms with Gasteiger partial charge in [0.1, 0.15) is 11.6 Å². The zero-order valence-corrected chi connectivity index (χ0v) is 16.6. The van der Waals surface area contributed by atoms with Crippen molar-refractivity contribution in [1.82, 2.24) is 24.6 Å². The van der Waals surface area contributed by atoms with Gasteiger partial charge in [0.05, 0.1) is 13.7 Å². The van der Waals surface area contributed by atoms with Crippen LogP contribution in [0.25, 0.3) is 17.1 Å². The van der Waals surface area contributed by atoms with Crippen molar-refractivity contribution in [2.24, 2.45) is 0 Å². The van der Waals surface area contributed by atoms with E-state index in [1.807, 2.05) is 58.0 Å². The fraction of sp³-hybridized carbons (Fsp3) is 0.174. The third kappa shape index (κ3) is 3.24. The van der Waals surface area contributed by atoms with Gasteiger partial charge in [0.2, 0.25) is 0 Å². The van der Waals surface area contributed by atoms with Gasteiger partial charge in [-0.25, -0.2) is 4.98 Å². The van der Waals surface area contributed by atoms with Crippen LogP contribution in [-0.2, 0) is 13.0 Å². The van der Waals surface area contributed by atoms with Crippen molar-refractivity contribution in [2.45, 2.75) is 13.0 Å². The number of benzene rings is 2. The molecule has 5 rings (SSSR count). The summed E-state index contributed by atoms with van der Waals surface area (Å²) in [6, 6.07) is 13.9. The van der Waals surface area contributed by atoms with Crippen molar-refractivity contribution in [3.63, 3.8) is 0 Å². The summed E-state index contributed by atoms with van der Waals surface area (Å²) in [4.78, 5) is 16.9. The summed E-state index contributed by atoms with van der Waals surface area (Å²) in [5.41, 5.74) is 4.69. The van der Waals surface area contributed by atoms with E-state index in [1.54, 1.807) is 19.5 Å². The highest BCUT2D eigenvalue weighted by Gasteiger charge is 2.18. The molecule has 1 N–H and O–H groups in total. The zero-order chi connectivity index (χ0) is 20.5. The minimum Gasteiger partial charge on any atom is -0.496 e. The highest BCUT2D eigenvalue weighted by Crippen LogP contribution is 2.29. The smallest absolute Gasteiger partial charge is 0.251 e. The molecule has 4 aromatic rings. The molecule has 0 unspecified atom stereocenters. The Labute approximate surface area is 173 Å². The SMILES string of the molecule is COc1ccc(-c2nccn2-c2ccc3c(c2)C(=O)NCC3)cc1Cn1cccn1. The van der Waals surface area contributed by atoms with E-state index in [-0.39, 0.29) is 5.91 Å². The molecule has 0 aliphatic carbocycles. The first-order valence-electron chi connectivity index (χ1n) is 9.82. The average Bonchev–Trinajstić information content (AvgIpc) is 3.46. The highest BCUT2D eigenvalue weighted by atomic mass is 16.5. The third-order valence-electron chi connectivity index (χ3n) is 5.37. The summed E-state index contributed by atoms with van der Waals surface area (Å²) >= 11 is 0. The molecule has 3 heterocycles. The lowest BCUT2D eigenvalue weighted by molar-refractivity contribution is 0.0946. The van der Waals surface area contributed by atoms with Gasteiger partial charge in [-0.15, -0.1) is 0 Å². The van der Waals surface area contributed by atoms with E-state index in [0.717, 1.165) is 45.9 Å². The van der Waals surface area contributed by atoms with Crippen molar-refractivity contribution in [2.75, 3.05) is 13.7 Å². The first-order valence-corrected chi connectivity index (χ1v) is 9.82. The van der Waals surface area contributed by atoms with Gasteiger partial charge in [0.25, 0.3) is 5.91 Å². The van der Waals surface area contributed by atoms with Gasteiger partial charge in [-0.3, -0.25) is 14.0 Å². The van der Waals surface area contributed by atoms with Gasteiger partial charge < -0.3 is 10.1 Å². The van der Waals surface area contributed by atoms with Gasteiger partial charge in [-0.05, 0) is 48.4 Å². The number of rotatable bonds is 5. The van der Waals surface area contributed by atoms with Crippen LogP contribution in [0, 0.1) is 0 Å². The second-order valence-electron chi connectivity index (χ2n) is 7.20. The van der Waals surface area contributed by atoms with Crippen LogP contribution < -0.4 is 10.1 Å². The average molecular weight is 399 g/mol. The lowest BCUT2D eigenvalue weighted by Crippen LogP contribution is -2.31. The van der Waals surface area contributed by atoms with Gasteiger partial charge in [-0.2, -0.15) is 5.10 Å². The van der Waals surface area contributed by atoms with E-state index >= 15 is 0 Å². The number of hydrogen-bond donors (Lipinski definition) is 1. The molecule has 0 saturated carbocycles. The number of imidazole rings is 1. The summed E-state index contributed by atoms with van der Waals surface area (Å²) < 4.78 is 9.40. The van der Waals surface area contributed by atoms with Crippen molar-refractivity contribution in [3.8, 4) is 22.8 Å². The van der Waals surface area contributed by atoms with Crippen molar-refractivity contribution in [3.05, 3.63) is 83.9 Å². The summed E-state index contributed by atoms with van der Waals surface area (Å²) in [5.74, 6) is 1.58. The summed E-state index contributed by atoms with van der Waals surface area (Å²) in [5, 5.41) is 7.21. The maximum atomic E-state index is 12.3. The van der Waals surface area contributed by atoms with Gasteiger partial charge in [-0.1, -0.05) is 6.07 Å². The van der Waals surface area contributed by atoms with E-state index in [2.05, 4.69) is 21.5 Å². The molecule has 1 aliphatic rings. The van der Waals surface area contributed by atoms with Crippen molar-refractivity contribution < 1.29 is 9.53 Å². The molecule has 30 heavy (non-hydrogen) atoms. The Kier molecular flexibility index (Phi) is 4.55. The molecule has 7 heteroatoms. The number of carbonyl (C=O) groups is 1. The molecule has 1 amide bonds. The molecule has 0 radical (unpaired) electrons. The zero-order valence-electron chi connectivity index (χ0n) is 16.6. The molecule has 150 valence electrons. The number of carbonyl (C=O) groups excluding carboxylic acids is 1. The molecule has 2 aromatic carbocycles. The predicted molar refractivity (Wildman–Crippen MR) is 113 cm³/mol. The van der Waals surface area contributed by atoms with Crippen LogP contribution >= 0.6 is 0 Å². The van der Waals surface area contributed by atoms with Crippen LogP contribution in [-0.4, -0.2) is 38.9 Å². The molecule has 0 fully saturated rings. The lowest BCUT2D eigenvalue weighted by Gasteiger charge is -2.18. The quantitative estimate of drug-likeness (QED) is 0.560. The van der Waals surface area contributed by atoms with Crippen molar-refractivity contribution in [1.29, 1.82) is 0 Å². The van der Waals surface area contributed by atoms with E-state index in [1.165, 1.54) is 0 Å². The maximum absolute atomic E-state index is 12.3. The monoisotopic (exact) mass is 399 g/mol. The number of amides is 1. The van der Waals surface area contributed by atoms with Crippen LogP contribution in [0.3, 0.4) is 0 Å². The third-order valence-corrected chi connectivity index (χ3v) is 5.37. The lowest BCUT2D eigenvalue weighted by atomic mass is 9.99. The van der Waals surface area contributed by atoms with Gasteiger partial charge in [0, 0.05) is 53.7 Å². The fourth-order valence-electron chi connectivity index (χ4n) is 3.88. The Hall–Kier alpha value is -3.87.